The van der Waals surface area contributed by atoms with Crippen molar-refractivity contribution < 1.29 is 9.59 Å². The molecular weight excluding hydrogens is 242 g/mol. The molecule has 1 saturated carbocycles. The van der Waals surface area contributed by atoms with Crippen molar-refractivity contribution in [2.45, 2.75) is 19.3 Å². The lowest BCUT2D eigenvalue weighted by Crippen LogP contribution is -2.40. The fraction of sp³-hybridized carbons (Fsp3) is 0.714. The highest BCUT2D eigenvalue weighted by Gasteiger charge is 2.33. The van der Waals surface area contributed by atoms with Gasteiger partial charge in [0.1, 0.15) is 0 Å². The molecule has 5 heteroatoms. The van der Waals surface area contributed by atoms with Crippen LogP contribution < -0.4 is 5.32 Å². The van der Waals surface area contributed by atoms with Crippen LogP contribution >= 0.6 is 0 Å². The number of rotatable bonds is 5. The minimum atomic E-state index is 0.0295. The van der Waals surface area contributed by atoms with Crippen LogP contribution in [0.3, 0.4) is 0 Å². The smallest absolute Gasteiger partial charge is 0.234 e. The number of nitrogens with zero attached hydrogens (tertiary/aromatic N) is 2. The van der Waals surface area contributed by atoms with E-state index in [-0.39, 0.29) is 5.91 Å². The maximum Gasteiger partial charge on any atom is 0.234 e. The molecule has 19 heavy (non-hydrogen) atoms. The molecule has 2 fully saturated rings. The van der Waals surface area contributed by atoms with E-state index < -0.39 is 0 Å². The lowest BCUT2D eigenvalue weighted by Gasteiger charge is -2.21. The Hall–Kier alpha value is -1.36. The number of hydrogen-bond acceptors (Lipinski definition) is 3. The Balaban J connectivity index is 1.74. The minimum Gasteiger partial charge on any atom is -0.352 e. The Morgan fingerprint density at radius 2 is 2.00 bits per heavy atom. The molecule has 0 aromatic rings. The highest BCUT2D eigenvalue weighted by molar-refractivity contribution is 5.81. The van der Waals surface area contributed by atoms with Gasteiger partial charge < -0.3 is 10.2 Å². The molecule has 106 valence electrons. The standard InChI is InChI=1S/C14H23N3O2/c1-2-6-15-13(18)11-16-7-3-8-17(10-9-16)14(19)12-4-5-12/h2,12H,1,3-11H2,(H,15,18). The molecular formula is C14H23N3O2. The van der Waals surface area contributed by atoms with Gasteiger partial charge in [-0.2, -0.15) is 0 Å². The summed E-state index contributed by atoms with van der Waals surface area (Å²) in [5, 5.41) is 2.78. The molecule has 0 spiro atoms. The third kappa shape index (κ3) is 4.35. The van der Waals surface area contributed by atoms with Crippen LogP contribution in [0.2, 0.25) is 0 Å². The van der Waals surface area contributed by atoms with E-state index in [1.165, 1.54) is 0 Å². The minimum absolute atomic E-state index is 0.0295. The van der Waals surface area contributed by atoms with Gasteiger partial charge in [0.05, 0.1) is 6.54 Å². The number of amides is 2. The van der Waals surface area contributed by atoms with Crippen LogP contribution in [0, 0.1) is 5.92 Å². The van der Waals surface area contributed by atoms with Crippen molar-refractivity contribution in [2.24, 2.45) is 5.92 Å². The molecule has 2 aliphatic rings. The molecule has 5 nitrogen and oxygen atoms in total. The van der Waals surface area contributed by atoms with Crippen LogP contribution in [0.25, 0.3) is 0 Å². The summed E-state index contributed by atoms with van der Waals surface area (Å²) < 4.78 is 0. The van der Waals surface area contributed by atoms with Crippen molar-refractivity contribution in [3.8, 4) is 0 Å². The van der Waals surface area contributed by atoms with Crippen molar-refractivity contribution in [1.29, 1.82) is 0 Å². The monoisotopic (exact) mass is 265 g/mol. The van der Waals surface area contributed by atoms with Gasteiger partial charge in [-0.15, -0.1) is 6.58 Å². The van der Waals surface area contributed by atoms with Crippen molar-refractivity contribution in [1.82, 2.24) is 15.1 Å². The van der Waals surface area contributed by atoms with Crippen LogP contribution in [0.15, 0.2) is 12.7 Å². The zero-order chi connectivity index (χ0) is 13.7. The highest BCUT2D eigenvalue weighted by Crippen LogP contribution is 2.31. The molecule has 0 aromatic carbocycles. The molecule has 0 unspecified atom stereocenters. The second kappa shape index (κ2) is 6.70. The summed E-state index contributed by atoms with van der Waals surface area (Å²) in [5.74, 6) is 0.641. The fourth-order valence-electron chi connectivity index (χ4n) is 2.38. The first-order valence-corrected chi connectivity index (χ1v) is 7.09. The van der Waals surface area contributed by atoms with E-state index in [9.17, 15) is 9.59 Å². The molecule has 0 aromatic heterocycles. The Labute approximate surface area is 114 Å². The first-order chi connectivity index (χ1) is 9.20. The van der Waals surface area contributed by atoms with Crippen molar-refractivity contribution in [2.75, 3.05) is 39.3 Å². The quantitative estimate of drug-likeness (QED) is 0.724. The van der Waals surface area contributed by atoms with Crippen LogP contribution in [-0.2, 0) is 9.59 Å². The molecule has 2 amide bonds. The van der Waals surface area contributed by atoms with E-state index in [0.29, 0.717) is 24.9 Å². The molecule has 1 N–H and O–H groups in total. The lowest BCUT2D eigenvalue weighted by molar-refractivity contribution is -0.132. The van der Waals surface area contributed by atoms with Crippen LogP contribution in [0.1, 0.15) is 19.3 Å². The van der Waals surface area contributed by atoms with E-state index in [4.69, 9.17) is 0 Å². The van der Waals surface area contributed by atoms with Gasteiger partial charge in [0, 0.05) is 38.6 Å². The summed E-state index contributed by atoms with van der Waals surface area (Å²) in [6, 6.07) is 0. The van der Waals surface area contributed by atoms with Crippen molar-refractivity contribution in [3.05, 3.63) is 12.7 Å². The zero-order valence-corrected chi connectivity index (χ0v) is 11.4. The first kappa shape index (κ1) is 14.1. The molecule has 1 saturated heterocycles. The average molecular weight is 265 g/mol. The summed E-state index contributed by atoms with van der Waals surface area (Å²) in [6.07, 6.45) is 4.75. The Morgan fingerprint density at radius 1 is 1.21 bits per heavy atom. The topological polar surface area (TPSA) is 52.7 Å². The highest BCUT2D eigenvalue weighted by atomic mass is 16.2. The molecule has 1 heterocycles. The summed E-state index contributed by atoms with van der Waals surface area (Å²) in [7, 11) is 0. The van der Waals surface area contributed by atoms with Gasteiger partial charge in [-0.25, -0.2) is 0 Å². The maximum atomic E-state index is 12.0. The van der Waals surface area contributed by atoms with E-state index in [2.05, 4.69) is 16.8 Å². The van der Waals surface area contributed by atoms with Gasteiger partial charge >= 0.3 is 0 Å². The molecule has 0 bridgehead atoms. The first-order valence-electron chi connectivity index (χ1n) is 7.09. The van der Waals surface area contributed by atoms with Crippen molar-refractivity contribution >= 4 is 11.8 Å². The van der Waals surface area contributed by atoms with E-state index in [1.54, 1.807) is 6.08 Å². The Bertz CT molecular complexity index is 353. The average Bonchev–Trinajstić information content (AvgIpc) is 3.22. The van der Waals surface area contributed by atoms with Crippen LogP contribution in [0.5, 0.6) is 0 Å². The number of hydrogen-bond donors (Lipinski definition) is 1. The normalized spacial score (nSPS) is 20.7. The van der Waals surface area contributed by atoms with Gasteiger partial charge in [-0.3, -0.25) is 14.5 Å². The molecule has 1 aliphatic carbocycles. The van der Waals surface area contributed by atoms with Gasteiger partial charge in [0.15, 0.2) is 0 Å². The number of carbonyl (C=O) groups excluding carboxylic acids is 2. The second-order valence-electron chi connectivity index (χ2n) is 5.32. The van der Waals surface area contributed by atoms with Gasteiger partial charge in [-0.1, -0.05) is 6.08 Å². The van der Waals surface area contributed by atoms with Gasteiger partial charge in [-0.05, 0) is 19.3 Å². The van der Waals surface area contributed by atoms with E-state index in [1.807, 2.05) is 4.90 Å². The molecule has 0 radical (unpaired) electrons. The van der Waals surface area contributed by atoms with Crippen LogP contribution in [-0.4, -0.2) is 60.9 Å². The summed E-state index contributed by atoms with van der Waals surface area (Å²) in [5.41, 5.74) is 0. The molecule has 0 atom stereocenters. The summed E-state index contributed by atoms with van der Waals surface area (Å²) in [6.45, 7) is 7.77. The predicted molar refractivity (Wildman–Crippen MR) is 73.6 cm³/mol. The molecule has 2 rings (SSSR count). The maximum absolute atomic E-state index is 12.0. The third-order valence-corrected chi connectivity index (χ3v) is 3.64. The summed E-state index contributed by atoms with van der Waals surface area (Å²) in [4.78, 5) is 27.7. The SMILES string of the molecule is C=CCNC(=O)CN1CCCN(C(=O)C2CC2)CC1. The van der Waals surface area contributed by atoms with Crippen molar-refractivity contribution in [3.63, 3.8) is 0 Å². The zero-order valence-electron chi connectivity index (χ0n) is 11.4. The van der Waals surface area contributed by atoms with E-state index >= 15 is 0 Å². The third-order valence-electron chi connectivity index (χ3n) is 3.64. The second-order valence-corrected chi connectivity index (χ2v) is 5.32. The Kier molecular flexibility index (Phi) is 4.96. The fourth-order valence-corrected chi connectivity index (χ4v) is 2.38. The Morgan fingerprint density at radius 3 is 2.68 bits per heavy atom. The molecule has 1 aliphatic heterocycles. The van der Waals surface area contributed by atoms with Gasteiger partial charge in [0.25, 0.3) is 0 Å². The number of carbonyl (C=O) groups is 2. The van der Waals surface area contributed by atoms with E-state index in [0.717, 1.165) is 45.4 Å². The lowest BCUT2D eigenvalue weighted by atomic mass is 10.3. The largest absolute Gasteiger partial charge is 0.352 e. The number of nitrogens with one attached hydrogen (secondary N) is 1. The van der Waals surface area contributed by atoms with Gasteiger partial charge in [0.2, 0.25) is 11.8 Å². The van der Waals surface area contributed by atoms with Crippen LogP contribution in [0.4, 0.5) is 0 Å². The predicted octanol–water partition coefficient (Wildman–Crippen LogP) is 0.233. The summed E-state index contributed by atoms with van der Waals surface area (Å²) >= 11 is 0.